The Balaban J connectivity index is 2.44. The summed E-state index contributed by atoms with van der Waals surface area (Å²) in [4.78, 5) is 0.0607. The van der Waals surface area contributed by atoms with Crippen LogP contribution in [-0.4, -0.2) is 13.6 Å². The quantitative estimate of drug-likeness (QED) is 0.842. The zero-order valence-electron chi connectivity index (χ0n) is 9.34. The van der Waals surface area contributed by atoms with Crippen molar-refractivity contribution < 1.29 is 12.9 Å². The molecular weight excluding hydrogens is 278 g/mol. The van der Waals surface area contributed by atoms with Crippen LogP contribution in [0, 0.1) is 6.92 Å². The monoisotopic (exact) mass is 287 g/mol. The average molecular weight is 288 g/mol. The lowest BCUT2D eigenvalue weighted by atomic mass is 10.2. The maximum absolute atomic E-state index is 12.1. The van der Waals surface area contributed by atoms with Crippen LogP contribution in [0.25, 0.3) is 0 Å². The summed E-state index contributed by atoms with van der Waals surface area (Å²) < 4.78 is 31.1. The molecule has 0 aliphatic carbocycles. The standard InChI is InChI=1S/C10H10ClN3O3S/c1-6-2-8(11)9(12)3-10(6)18(15,16)14-7-4-13-17-5-7/h2-5,14H,12H2,1H3. The van der Waals surface area contributed by atoms with Gasteiger partial charge in [0.25, 0.3) is 10.0 Å². The van der Waals surface area contributed by atoms with Gasteiger partial charge in [-0.05, 0) is 24.6 Å². The molecule has 0 saturated heterocycles. The zero-order chi connectivity index (χ0) is 13.3. The van der Waals surface area contributed by atoms with Gasteiger partial charge in [-0.25, -0.2) is 8.42 Å². The molecule has 2 aromatic rings. The molecule has 0 aliphatic rings. The van der Waals surface area contributed by atoms with Crippen LogP contribution in [0.2, 0.25) is 5.02 Å². The first-order valence-corrected chi connectivity index (χ1v) is 6.74. The fourth-order valence-electron chi connectivity index (χ4n) is 1.42. The largest absolute Gasteiger partial charge is 0.397 e. The first-order chi connectivity index (χ1) is 8.40. The number of benzene rings is 1. The van der Waals surface area contributed by atoms with Crippen molar-refractivity contribution in [2.45, 2.75) is 11.8 Å². The molecule has 0 atom stereocenters. The summed E-state index contributed by atoms with van der Waals surface area (Å²) >= 11 is 5.81. The number of aryl methyl sites for hydroxylation is 1. The van der Waals surface area contributed by atoms with Gasteiger partial charge in [0.2, 0.25) is 0 Å². The number of anilines is 2. The number of hydrogen-bond donors (Lipinski definition) is 2. The fraction of sp³-hybridized carbons (Fsp3) is 0.100. The second-order valence-electron chi connectivity index (χ2n) is 3.66. The topological polar surface area (TPSA) is 98.2 Å². The van der Waals surface area contributed by atoms with Gasteiger partial charge in [-0.15, -0.1) is 0 Å². The van der Waals surface area contributed by atoms with Gasteiger partial charge in [0.15, 0.2) is 0 Å². The first-order valence-electron chi connectivity index (χ1n) is 4.88. The molecule has 0 amide bonds. The van der Waals surface area contributed by atoms with Crippen molar-refractivity contribution in [2.24, 2.45) is 0 Å². The Kier molecular flexibility index (Phi) is 3.18. The summed E-state index contributed by atoms with van der Waals surface area (Å²) in [6, 6.07) is 2.81. The fourth-order valence-corrected chi connectivity index (χ4v) is 2.93. The number of nitrogens with one attached hydrogen (secondary N) is 1. The molecular formula is C10H10ClN3O3S. The van der Waals surface area contributed by atoms with Crippen LogP contribution < -0.4 is 10.5 Å². The molecule has 0 bridgehead atoms. The SMILES string of the molecule is Cc1cc(Cl)c(N)cc1S(=O)(=O)Nc1cnoc1. The van der Waals surface area contributed by atoms with Gasteiger partial charge >= 0.3 is 0 Å². The average Bonchev–Trinajstić information content (AvgIpc) is 2.75. The lowest BCUT2D eigenvalue weighted by molar-refractivity contribution is 0.420. The van der Waals surface area contributed by atoms with Crippen molar-refractivity contribution >= 4 is 33.0 Å². The van der Waals surface area contributed by atoms with E-state index in [0.29, 0.717) is 10.6 Å². The van der Waals surface area contributed by atoms with Crippen LogP contribution in [0.5, 0.6) is 0 Å². The number of sulfonamides is 1. The number of hydrogen-bond acceptors (Lipinski definition) is 5. The molecule has 0 saturated carbocycles. The Bertz CT molecular complexity index is 668. The van der Waals surface area contributed by atoms with Crippen molar-refractivity contribution in [3.05, 3.63) is 35.2 Å². The first kappa shape index (κ1) is 12.7. The molecule has 8 heteroatoms. The summed E-state index contributed by atoms with van der Waals surface area (Å²) in [5.41, 5.74) is 6.54. The minimum absolute atomic E-state index is 0.0607. The predicted molar refractivity (Wildman–Crippen MR) is 67.9 cm³/mol. The molecule has 0 aliphatic heterocycles. The summed E-state index contributed by atoms with van der Waals surface area (Å²) in [7, 11) is -3.74. The maximum atomic E-state index is 12.1. The van der Waals surface area contributed by atoms with Crippen molar-refractivity contribution in [1.29, 1.82) is 0 Å². The third-order valence-electron chi connectivity index (χ3n) is 2.27. The molecule has 3 N–H and O–H groups in total. The van der Waals surface area contributed by atoms with Gasteiger partial charge in [0.05, 0.1) is 21.8 Å². The Morgan fingerprint density at radius 1 is 1.44 bits per heavy atom. The van der Waals surface area contributed by atoms with E-state index in [4.69, 9.17) is 17.3 Å². The molecule has 18 heavy (non-hydrogen) atoms. The highest BCUT2D eigenvalue weighted by atomic mass is 35.5. The van der Waals surface area contributed by atoms with E-state index in [1.165, 1.54) is 24.6 Å². The maximum Gasteiger partial charge on any atom is 0.262 e. The van der Waals surface area contributed by atoms with E-state index in [-0.39, 0.29) is 16.3 Å². The molecule has 96 valence electrons. The molecule has 2 rings (SSSR count). The van der Waals surface area contributed by atoms with E-state index in [1.54, 1.807) is 6.92 Å². The summed E-state index contributed by atoms with van der Waals surface area (Å²) in [5.74, 6) is 0. The van der Waals surface area contributed by atoms with Gasteiger partial charge < -0.3 is 10.3 Å². The molecule has 1 aromatic carbocycles. The number of nitrogens with zero attached hydrogens (tertiary/aromatic N) is 1. The smallest absolute Gasteiger partial charge is 0.262 e. The van der Waals surface area contributed by atoms with Crippen LogP contribution in [0.3, 0.4) is 0 Å². The third-order valence-corrected chi connectivity index (χ3v) is 4.12. The Hall–Kier alpha value is -1.73. The molecule has 0 unspecified atom stereocenters. The van der Waals surface area contributed by atoms with Crippen molar-refractivity contribution in [3.8, 4) is 0 Å². The van der Waals surface area contributed by atoms with E-state index in [2.05, 4.69) is 14.4 Å². The summed E-state index contributed by atoms with van der Waals surface area (Å²) in [5, 5.41) is 3.72. The van der Waals surface area contributed by atoms with E-state index in [9.17, 15) is 8.42 Å². The van der Waals surface area contributed by atoms with E-state index < -0.39 is 10.0 Å². The van der Waals surface area contributed by atoms with Gasteiger partial charge in [-0.1, -0.05) is 16.8 Å². The van der Waals surface area contributed by atoms with Crippen LogP contribution >= 0.6 is 11.6 Å². The Labute approximate surface area is 109 Å². The van der Waals surface area contributed by atoms with Crippen LogP contribution in [0.4, 0.5) is 11.4 Å². The van der Waals surface area contributed by atoms with Gasteiger partial charge in [-0.3, -0.25) is 4.72 Å². The van der Waals surface area contributed by atoms with E-state index in [0.717, 1.165) is 0 Å². The highest BCUT2D eigenvalue weighted by molar-refractivity contribution is 7.92. The lowest BCUT2D eigenvalue weighted by Gasteiger charge is -2.10. The number of rotatable bonds is 3. The highest BCUT2D eigenvalue weighted by Gasteiger charge is 2.19. The predicted octanol–water partition coefficient (Wildman–Crippen LogP) is 2.02. The Morgan fingerprint density at radius 3 is 2.78 bits per heavy atom. The summed E-state index contributed by atoms with van der Waals surface area (Å²) in [6.45, 7) is 1.63. The molecule has 0 radical (unpaired) electrons. The normalized spacial score (nSPS) is 11.4. The molecule has 6 nitrogen and oxygen atoms in total. The van der Waals surface area contributed by atoms with E-state index in [1.807, 2.05) is 0 Å². The van der Waals surface area contributed by atoms with Crippen LogP contribution in [-0.2, 0) is 10.0 Å². The number of aromatic nitrogens is 1. The van der Waals surface area contributed by atoms with Crippen LogP contribution in [0.15, 0.2) is 34.0 Å². The summed E-state index contributed by atoms with van der Waals surface area (Å²) in [6.07, 6.45) is 2.44. The van der Waals surface area contributed by atoms with Crippen molar-refractivity contribution in [2.75, 3.05) is 10.5 Å². The van der Waals surface area contributed by atoms with Gasteiger partial charge in [-0.2, -0.15) is 0 Å². The third kappa shape index (κ3) is 2.41. The van der Waals surface area contributed by atoms with E-state index >= 15 is 0 Å². The molecule has 0 spiro atoms. The van der Waals surface area contributed by atoms with Crippen LogP contribution in [0.1, 0.15) is 5.56 Å². The van der Waals surface area contributed by atoms with Gasteiger partial charge in [0, 0.05) is 0 Å². The minimum atomic E-state index is -3.74. The zero-order valence-corrected chi connectivity index (χ0v) is 10.9. The van der Waals surface area contributed by atoms with Gasteiger partial charge in [0.1, 0.15) is 12.0 Å². The minimum Gasteiger partial charge on any atom is -0.397 e. The lowest BCUT2D eigenvalue weighted by Crippen LogP contribution is -2.14. The second-order valence-corrected chi connectivity index (χ2v) is 5.72. The second kappa shape index (κ2) is 4.51. The van der Waals surface area contributed by atoms with Crippen molar-refractivity contribution in [1.82, 2.24) is 5.16 Å². The number of nitrogen functional groups attached to an aromatic ring is 1. The number of nitrogens with two attached hydrogens (primary N) is 1. The molecule has 0 fully saturated rings. The highest BCUT2D eigenvalue weighted by Crippen LogP contribution is 2.27. The van der Waals surface area contributed by atoms with Crippen molar-refractivity contribution in [3.63, 3.8) is 0 Å². The molecule has 1 heterocycles. The Morgan fingerprint density at radius 2 is 2.17 bits per heavy atom. The molecule has 1 aromatic heterocycles. The number of halogens is 1.